The van der Waals surface area contributed by atoms with Crippen molar-refractivity contribution < 1.29 is 4.79 Å². The molecule has 1 amide bonds. The molecule has 0 aliphatic heterocycles. The van der Waals surface area contributed by atoms with Gasteiger partial charge in [0, 0.05) is 32.1 Å². The molecule has 1 heterocycles. The van der Waals surface area contributed by atoms with Crippen LogP contribution in [0.4, 0.5) is 0 Å². The lowest BCUT2D eigenvalue weighted by Gasteiger charge is -2.21. The van der Waals surface area contributed by atoms with E-state index in [1.54, 1.807) is 9.58 Å². The van der Waals surface area contributed by atoms with Gasteiger partial charge in [0.2, 0.25) is 0 Å². The van der Waals surface area contributed by atoms with E-state index in [0.717, 1.165) is 12.1 Å². The van der Waals surface area contributed by atoms with Crippen molar-refractivity contribution in [2.45, 2.75) is 52.5 Å². The van der Waals surface area contributed by atoms with Crippen molar-refractivity contribution >= 4 is 5.91 Å². The summed E-state index contributed by atoms with van der Waals surface area (Å²) in [6.45, 7) is 11.1. The number of rotatable bonds is 5. The maximum atomic E-state index is 12.5. The van der Waals surface area contributed by atoms with Gasteiger partial charge in [-0.3, -0.25) is 9.48 Å². The molecule has 0 aliphatic carbocycles. The van der Waals surface area contributed by atoms with Gasteiger partial charge in [0.25, 0.3) is 5.91 Å². The summed E-state index contributed by atoms with van der Waals surface area (Å²) in [4.78, 5) is 14.2. The SMILES string of the molecule is CC(C)C(N)CCN(C)C(=O)c1cc(C(C)(C)C)nn1C. The Hall–Kier alpha value is -1.36. The summed E-state index contributed by atoms with van der Waals surface area (Å²) < 4.78 is 1.67. The van der Waals surface area contributed by atoms with Crippen molar-refractivity contribution in [3.8, 4) is 0 Å². The van der Waals surface area contributed by atoms with Crippen LogP contribution in [-0.4, -0.2) is 40.2 Å². The monoisotopic (exact) mass is 294 g/mol. The number of nitrogens with two attached hydrogens (primary N) is 1. The molecular weight excluding hydrogens is 264 g/mol. The van der Waals surface area contributed by atoms with E-state index < -0.39 is 0 Å². The lowest BCUT2D eigenvalue weighted by molar-refractivity contribution is 0.0778. The second kappa shape index (κ2) is 6.60. The number of carbonyl (C=O) groups excluding carboxylic acids is 1. The first-order valence-electron chi connectivity index (χ1n) is 7.59. The van der Waals surface area contributed by atoms with Crippen molar-refractivity contribution in [1.82, 2.24) is 14.7 Å². The maximum Gasteiger partial charge on any atom is 0.271 e. The fraction of sp³-hybridized carbons (Fsp3) is 0.750. The van der Waals surface area contributed by atoms with E-state index in [0.29, 0.717) is 18.2 Å². The largest absolute Gasteiger partial charge is 0.340 e. The van der Waals surface area contributed by atoms with Gasteiger partial charge in [-0.05, 0) is 18.4 Å². The van der Waals surface area contributed by atoms with Crippen LogP contribution in [0.3, 0.4) is 0 Å². The van der Waals surface area contributed by atoms with Crippen molar-refractivity contribution in [3.63, 3.8) is 0 Å². The quantitative estimate of drug-likeness (QED) is 0.905. The van der Waals surface area contributed by atoms with Crippen LogP contribution in [0.15, 0.2) is 6.07 Å². The van der Waals surface area contributed by atoms with Crippen LogP contribution >= 0.6 is 0 Å². The van der Waals surface area contributed by atoms with Gasteiger partial charge in [0.15, 0.2) is 0 Å². The van der Waals surface area contributed by atoms with Crippen LogP contribution in [0.25, 0.3) is 0 Å². The smallest absolute Gasteiger partial charge is 0.271 e. The lowest BCUT2D eigenvalue weighted by Crippen LogP contribution is -2.35. The predicted octanol–water partition coefficient (Wildman–Crippen LogP) is 2.16. The minimum Gasteiger partial charge on any atom is -0.340 e. The van der Waals surface area contributed by atoms with E-state index in [-0.39, 0.29) is 17.4 Å². The average molecular weight is 294 g/mol. The molecule has 120 valence electrons. The van der Waals surface area contributed by atoms with Gasteiger partial charge in [-0.25, -0.2) is 0 Å². The Morgan fingerprint density at radius 1 is 1.43 bits per heavy atom. The second-order valence-electron chi connectivity index (χ2n) is 7.21. The predicted molar refractivity (Wildman–Crippen MR) is 86.3 cm³/mol. The molecule has 21 heavy (non-hydrogen) atoms. The van der Waals surface area contributed by atoms with Gasteiger partial charge >= 0.3 is 0 Å². The molecule has 2 N–H and O–H groups in total. The molecule has 5 nitrogen and oxygen atoms in total. The zero-order valence-electron chi connectivity index (χ0n) is 14.5. The fourth-order valence-electron chi connectivity index (χ4n) is 2.01. The van der Waals surface area contributed by atoms with Crippen LogP contribution in [0.5, 0.6) is 0 Å². The van der Waals surface area contributed by atoms with Gasteiger partial charge in [0.05, 0.1) is 5.69 Å². The Morgan fingerprint density at radius 3 is 2.43 bits per heavy atom. The Morgan fingerprint density at radius 2 is 2.00 bits per heavy atom. The topological polar surface area (TPSA) is 64.2 Å². The summed E-state index contributed by atoms with van der Waals surface area (Å²) >= 11 is 0. The molecule has 0 aliphatic rings. The van der Waals surface area contributed by atoms with E-state index in [1.165, 1.54) is 0 Å². The van der Waals surface area contributed by atoms with E-state index in [2.05, 4.69) is 39.7 Å². The van der Waals surface area contributed by atoms with Crippen LogP contribution in [0.1, 0.15) is 57.2 Å². The van der Waals surface area contributed by atoms with Crippen LogP contribution < -0.4 is 5.73 Å². The summed E-state index contributed by atoms with van der Waals surface area (Å²) in [6, 6.07) is 2.01. The zero-order chi connectivity index (χ0) is 16.4. The normalized spacial score (nSPS) is 13.6. The number of amides is 1. The maximum absolute atomic E-state index is 12.5. The average Bonchev–Trinajstić information content (AvgIpc) is 2.76. The summed E-state index contributed by atoms with van der Waals surface area (Å²) in [5, 5.41) is 4.45. The lowest BCUT2D eigenvalue weighted by atomic mass is 9.92. The number of carbonyl (C=O) groups is 1. The molecular formula is C16H30N4O. The third-order valence-corrected chi connectivity index (χ3v) is 3.87. The van der Waals surface area contributed by atoms with Gasteiger partial charge in [-0.2, -0.15) is 5.10 Å². The summed E-state index contributed by atoms with van der Waals surface area (Å²) in [5.74, 6) is 0.425. The Kier molecular flexibility index (Phi) is 5.56. The first kappa shape index (κ1) is 17.7. The highest BCUT2D eigenvalue weighted by Gasteiger charge is 2.23. The van der Waals surface area contributed by atoms with Crippen LogP contribution in [-0.2, 0) is 12.5 Å². The van der Waals surface area contributed by atoms with Gasteiger partial charge in [0.1, 0.15) is 5.69 Å². The third-order valence-electron chi connectivity index (χ3n) is 3.87. The van der Waals surface area contributed by atoms with Gasteiger partial charge in [-0.1, -0.05) is 34.6 Å². The Balaban J connectivity index is 2.77. The van der Waals surface area contributed by atoms with E-state index in [1.807, 2.05) is 20.2 Å². The van der Waals surface area contributed by atoms with Gasteiger partial charge in [-0.15, -0.1) is 0 Å². The third kappa shape index (κ3) is 4.56. The van der Waals surface area contributed by atoms with Crippen molar-refractivity contribution in [1.29, 1.82) is 0 Å². The molecule has 1 unspecified atom stereocenters. The molecule has 0 spiro atoms. The summed E-state index contributed by atoms with van der Waals surface area (Å²) in [7, 11) is 3.63. The summed E-state index contributed by atoms with van der Waals surface area (Å²) in [5.41, 5.74) is 7.54. The molecule has 0 bridgehead atoms. The second-order valence-corrected chi connectivity index (χ2v) is 7.21. The van der Waals surface area contributed by atoms with E-state index in [9.17, 15) is 4.79 Å². The standard InChI is InChI=1S/C16H30N4O/c1-11(2)12(17)8-9-19(6)15(21)13-10-14(16(3,4)5)18-20(13)7/h10-12H,8-9,17H2,1-7H3. The molecule has 0 saturated heterocycles. The number of aryl methyl sites for hydroxylation is 1. The molecule has 1 aromatic rings. The fourth-order valence-corrected chi connectivity index (χ4v) is 2.01. The molecule has 1 rings (SSSR count). The Labute approximate surface area is 128 Å². The zero-order valence-corrected chi connectivity index (χ0v) is 14.5. The Bertz CT molecular complexity index is 485. The molecule has 0 aromatic carbocycles. The van der Waals surface area contributed by atoms with Gasteiger partial charge < -0.3 is 10.6 Å². The van der Waals surface area contributed by atoms with Crippen molar-refractivity contribution in [2.75, 3.05) is 13.6 Å². The molecule has 5 heteroatoms. The first-order valence-corrected chi connectivity index (χ1v) is 7.59. The van der Waals surface area contributed by atoms with E-state index in [4.69, 9.17) is 5.73 Å². The van der Waals surface area contributed by atoms with Crippen molar-refractivity contribution in [2.24, 2.45) is 18.7 Å². The minimum atomic E-state index is -0.0607. The van der Waals surface area contributed by atoms with E-state index >= 15 is 0 Å². The molecule has 1 atom stereocenters. The molecule has 0 saturated carbocycles. The highest BCUT2D eigenvalue weighted by molar-refractivity contribution is 5.92. The van der Waals surface area contributed by atoms with Crippen LogP contribution in [0, 0.1) is 5.92 Å². The molecule has 1 aromatic heterocycles. The first-order chi connectivity index (χ1) is 9.54. The number of nitrogens with zero attached hydrogens (tertiary/aromatic N) is 3. The number of aromatic nitrogens is 2. The summed E-state index contributed by atoms with van der Waals surface area (Å²) in [6.07, 6.45) is 0.809. The van der Waals surface area contributed by atoms with Crippen molar-refractivity contribution in [3.05, 3.63) is 17.5 Å². The molecule has 0 radical (unpaired) electrons. The minimum absolute atomic E-state index is 0.00328. The van der Waals surface area contributed by atoms with Crippen LogP contribution in [0.2, 0.25) is 0 Å². The number of hydrogen-bond donors (Lipinski definition) is 1. The molecule has 0 fully saturated rings. The number of hydrogen-bond acceptors (Lipinski definition) is 3. The highest BCUT2D eigenvalue weighted by atomic mass is 16.2. The highest BCUT2D eigenvalue weighted by Crippen LogP contribution is 2.21.